The monoisotopic (exact) mass is 294 g/mol. The van der Waals surface area contributed by atoms with Gasteiger partial charge in [0.25, 0.3) is 0 Å². The van der Waals surface area contributed by atoms with Crippen molar-refractivity contribution in [3.8, 4) is 11.3 Å². The number of methoxy groups -OCH3 is 1. The van der Waals surface area contributed by atoms with E-state index in [1.165, 1.54) is 4.88 Å². The number of thiazole rings is 1. The molecule has 0 unspecified atom stereocenters. The van der Waals surface area contributed by atoms with Gasteiger partial charge in [0.15, 0.2) is 5.13 Å². The lowest BCUT2D eigenvalue weighted by Gasteiger charge is -2.21. The third-order valence-corrected chi connectivity index (χ3v) is 4.44. The van der Waals surface area contributed by atoms with Crippen LogP contribution in [-0.4, -0.2) is 42.0 Å². The quantitative estimate of drug-likeness (QED) is 0.436. The number of fused-ring (bicyclic) bond motifs is 3. The van der Waals surface area contributed by atoms with E-state index in [2.05, 4.69) is 25.5 Å². The number of nitrogens with zero attached hydrogens (tertiary/aromatic N) is 3. The Kier molecular flexibility index (Phi) is 3.86. The van der Waals surface area contributed by atoms with Crippen molar-refractivity contribution in [3.05, 3.63) is 11.1 Å². The average Bonchev–Trinajstić information content (AvgIpc) is 3.06. The first-order valence-electron chi connectivity index (χ1n) is 6.57. The molecule has 8 heteroatoms. The maximum atomic E-state index is 5.45. The molecule has 2 aromatic heterocycles. The van der Waals surface area contributed by atoms with Crippen molar-refractivity contribution >= 4 is 22.3 Å². The van der Waals surface area contributed by atoms with E-state index >= 15 is 0 Å². The Balaban J connectivity index is 1.89. The predicted octanol–water partition coefficient (Wildman–Crippen LogP) is 1.22. The summed E-state index contributed by atoms with van der Waals surface area (Å²) in [4.78, 5) is 8.10. The van der Waals surface area contributed by atoms with Crippen molar-refractivity contribution in [1.29, 1.82) is 0 Å². The maximum Gasteiger partial charge on any atom is 0.197 e. The van der Waals surface area contributed by atoms with Crippen LogP contribution in [0.15, 0.2) is 6.20 Å². The summed E-state index contributed by atoms with van der Waals surface area (Å²) in [6.07, 6.45) is 3.79. The summed E-state index contributed by atoms with van der Waals surface area (Å²) in [5.41, 5.74) is 4.66. The first kappa shape index (κ1) is 13.3. The number of nitrogen functional groups attached to an aromatic ring is 1. The molecular weight excluding hydrogens is 276 g/mol. The van der Waals surface area contributed by atoms with Crippen molar-refractivity contribution in [3.63, 3.8) is 0 Å². The molecule has 0 fully saturated rings. The van der Waals surface area contributed by atoms with Gasteiger partial charge in [0.2, 0.25) is 0 Å². The lowest BCUT2D eigenvalue weighted by Crippen LogP contribution is -2.27. The van der Waals surface area contributed by atoms with Gasteiger partial charge in [-0.2, -0.15) is 5.10 Å². The lowest BCUT2D eigenvalue weighted by molar-refractivity contribution is 0.196. The van der Waals surface area contributed by atoms with Crippen LogP contribution in [0.25, 0.3) is 11.3 Å². The fraction of sp³-hybridized carbons (Fsp3) is 0.500. The SMILES string of the molecule is COCCCN1CCc2sc(NN)nc2-c2cn[nH]c21. The third-order valence-electron chi connectivity index (χ3n) is 3.40. The van der Waals surface area contributed by atoms with Crippen LogP contribution in [0.1, 0.15) is 11.3 Å². The highest BCUT2D eigenvalue weighted by molar-refractivity contribution is 7.16. The molecule has 4 N–H and O–H groups in total. The summed E-state index contributed by atoms with van der Waals surface area (Å²) in [5.74, 6) is 6.49. The van der Waals surface area contributed by atoms with Crippen LogP contribution in [0.4, 0.5) is 10.9 Å². The second-order valence-corrected chi connectivity index (χ2v) is 5.73. The van der Waals surface area contributed by atoms with Crippen molar-refractivity contribution in [2.24, 2.45) is 5.84 Å². The molecule has 0 aliphatic carbocycles. The van der Waals surface area contributed by atoms with Gasteiger partial charge in [-0.1, -0.05) is 0 Å². The standard InChI is InChI=1S/C12H18N6OS/c1-19-6-2-4-18-5-3-9-10(15-12(16-13)20-9)8-7-14-17-11(8)18/h7H,2-6,13H2,1H3,(H,14,17)(H,15,16). The van der Waals surface area contributed by atoms with E-state index < -0.39 is 0 Å². The Bertz CT molecular complexity index is 580. The molecule has 0 spiro atoms. The second kappa shape index (κ2) is 5.78. The average molecular weight is 294 g/mol. The van der Waals surface area contributed by atoms with Crippen LogP contribution >= 0.6 is 11.3 Å². The number of aromatic nitrogens is 3. The second-order valence-electron chi connectivity index (χ2n) is 4.65. The van der Waals surface area contributed by atoms with E-state index in [1.807, 2.05) is 6.20 Å². The number of aromatic amines is 1. The number of anilines is 2. The number of nitrogens with two attached hydrogens (primary N) is 1. The molecule has 1 aliphatic heterocycles. The minimum Gasteiger partial charge on any atom is -0.385 e. The van der Waals surface area contributed by atoms with Crippen LogP contribution in [0, 0.1) is 0 Å². The van der Waals surface area contributed by atoms with Crippen LogP contribution in [-0.2, 0) is 11.2 Å². The summed E-state index contributed by atoms with van der Waals surface area (Å²) in [7, 11) is 1.73. The molecule has 3 heterocycles. The lowest BCUT2D eigenvalue weighted by atomic mass is 10.2. The smallest absolute Gasteiger partial charge is 0.197 e. The van der Waals surface area contributed by atoms with Gasteiger partial charge >= 0.3 is 0 Å². The van der Waals surface area contributed by atoms with E-state index in [1.54, 1.807) is 18.4 Å². The molecule has 20 heavy (non-hydrogen) atoms. The Hall–Kier alpha value is -1.64. The predicted molar refractivity (Wildman–Crippen MR) is 79.9 cm³/mol. The molecule has 0 saturated carbocycles. The fourth-order valence-corrected chi connectivity index (χ4v) is 3.33. The highest BCUT2D eigenvalue weighted by Crippen LogP contribution is 2.38. The molecule has 3 rings (SSSR count). The molecule has 0 aromatic carbocycles. The van der Waals surface area contributed by atoms with Gasteiger partial charge in [0.1, 0.15) is 5.82 Å². The number of hydrazine groups is 1. The Morgan fingerprint density at radius 3 is 3.30 bits per heavy atom. The molecule has 0 saturated heterocycles. The summed E-state index contributed by atoms with van der Waals surface area (Å²) >= 11 is 1.61. The first-order valence-corrected chi connectivity index (χ1v) is 7.39. The number of hydrogen-bond acceptors (Lipinski definition) is 7. The van der Waals surface area contributed by atoms with Gasteiger partial charge < -0.3 is 9.64 Å². The Labute approximate surface area is 121 Å². The van der Waals surface area contributed by atoms with Gasteiger partial charge in [-0.05, 0) is 6.42 Å². The molecule has 7 nitrogen and oxygen atoms in total. The number of hydrogen-bond donors (Lipinski definition) is 3. The first-order chi connectivity index (χ1) is 9.83. The molecule has 108 valence electrons. The van der Waals surface area contributed by atoms with Crippen molar-refractivity contribution in [2.45, 2.75) is 12.8 Å². The van der Waals surface area contributed by atoms with Crippen LogP contribution in [0.5, 0.6) is 0 Å². The molecule has 0 bridgehead atoms. The Morgan fingerprint density at radius 2 is 2.50 bits per heavy atom. The molecule has 1 aliphatic rings. The van der Waals surface area contributed by atoms with E-state index in [9.17, 15) is 0 Å². The van der Waals surface area contributed by atoms with E-state index in [-0.39, 0.29) is 0 Å². The zero-order valence-electron chi connectivity index (χ0n) is 11.3. The Morgan fingerprint density at radius 1 is 1.60 bits per heavy atom. The number of H-pyrrole nitrogens is 1. The van der Waals surface area contributed by atoms with E-state index in [4.69, 9.17) is 10.6 Å². The molecular formula is C12H18N6OS. The third kappa shape index (κ3) is 2.37. The minimum atomic E-state index is 0.745. The van der Waals surface area contributed by atoms with Crippen molar-refractivity contribution in [1.82, 2.24) is 15.2 Å². The van der Waals surface area contributed by atoms with Crippen LogP contribution < -0.4 is 16.2 Å². The zero-order valence-corrected chi connectivity index (χ0v) is 12.2. The van der Waals surface area contributed by atoms with Crippen LogP contribution in [0.3, 0.4) is 0 Å². The largest absolute Gasteiger partial charge is 0.385 e. The minimum absolute atomic E-state index is 0.745. The highest BCUT2D eigenvalue weighted by Gasteiger charge is 2.24. The summed E-state index contributed by atoms with van der Waals surface area (Å²) in [5, 5.41) is 8.01. The molecule has 2 aromatic rings. The maximum absolute atomic E-state index is 5.45. The molecule has 0 atom stereocenters. The van der Waals surface area contributed by atoms with Gasteiger partial charge in [0, 0.05) is 38.1 Å². The van der Waals surface area contributed by atoms with Gasteiger partial charge in [-0.25, -0.2) is 10.8 Å². The van der Waals surface area contributed by atoms with E-state index in [0.29, 0.717) is 0 Å². The van der Waals surface area contributed by atoms with Gasteiger partial charge in [-0.15, -0.1) is 11.3 Å². The number of nitrogens with one attached hydrogen (secondary N) is 2. The summed E-state index contributed by atoms with van der Waals surface area (Å²) in [6.45, 7) is 2.65. The molecule has 0 amide bonds. The van der Waals surface area contributed by atoms with Crippen molar-refractivity contribution < 1.29 is 4.74 Å². The van der Waals surface area contributed by atoms with Gasteiger partial charge in [0.05, 0.1) is 17.5 Å². The topological polar surface area (TPSA) is 92.1 Å². The molecule has 0 radical (unpaired) electrons. The summed E-state index contributed by atoms with van der Waals surface area (Å²) in [6, 6.07) is 0. The summed E-state index contributed by atoms with van der Waals surface area (Å²) < 4.78 is 5.13. The number of rotatable bonds is 5. The van der Waals surface area contributed by atoms with E-state index in [0.717, 1.165) is 54.7 Å². The zero-order chi connectivity index (χ0) is 13.9. The number of ether oxygens (including phenoxy) is 1. The van der Waals surface area contributed by atoms with Crippen LogP contribution in [0.2, 0.25) is 0 Å². The highest BCUT2D eigenvalue weighted by atomic mass is 32.1. The van der Waals surface area contributed by atoms with Crippen molar-refractivity contribution in [2.75, 3.05) is 37.1 Å². The fourth-order valence-electron chi connectivity index (χ4n) is 2.46. The normalized spacial score (nSPS) is 13.8. The van der Waals surface area contributed by atoms with Gasteiger partial charge in [-0.3, -0.25) is 10.5 Å².